The predicted molar refractivity (Wildman–Crippen MR) is 250 cm³/mol. The summed E-state index contributed by atoms with van der Waals surface area (Å²) in [4.78, 5) is 32.8. The van der Waals surface area contributed by atoms with Crippen LogP contribution in [0.25, 0.3) is 0 Å². The molecule has 0 atom stereocenters. The van der Waals surface area contributed by atoms with Crippen LogP contribution in [-0.4, -0.2) is 40.5 Å². The van der Waals surface area contributed by atoms with Crippen molar-refractivity contribution in [1.29, 1.82) is 0 Å². The number of imidazole rings is 4. The van der Waals surface area contributed by atoms with Crippen molar-refractivity contribution in [1.82, 2.24) is 28.2 Å². The van der Waals surface area contributed by atoms with Crippen molar-refractivity contribution in [3.63, 3.8) is 0 Å². The van der Waals surface area contributed by atoms with Crippen LogP contribution < -0.4 is 9.13 Å². The molecule has 0 spiro atoms. The van der Waals surface area contributed by atoms with Crippen LogP contribution in [0.4, 0.5) is 9.59 Å². The number of carbonyl (C=O) groups excluding carboxylic acids is 2. The van der Waals surface area contributed by atoms with Crippen molar-refractivity contribution < 1.29 is 37.7 Å². The van der Waals surface area contributed by atoms with Gasteiger partial charge in [-0.15, -0.1) is 0 Å². The molecule has 4 aromatic heterocycles. The molecular formula is C54H52N8O6+2. The van der Waals surface area contributed by atoms with E-state index >= 15 is 0 Å². The molecule has 0 radical (unpaired) electrons. The molecule has 9 rings (SSSR count). The number of ether oxygens (including phenoxy) is 4. The Morgan fingerprint density at radius 3 is 1.07 bits per heavy atom. The SMILES string of the molecule is O=C(OCc1ccc(Cn2ccnc2)cc1)OCc1ccc(C[n+]2ccn(Cc3ccccc3Cn3cc[n+](Cc4ccc(COC(=O)OCc5ccc(Cn6ccnc6)cc5)cc4)c3)c2)cc1. The van der Waals surface area contributed by atoms with Gasteiger partial charge in [0.05, 0.1) is 12.7 Å². The Labute approximate surface area is 394 Å². The zero-order valence-electron chi connectivity index (χ0n) is 37.6. The van der Waals surface area contributed by atoms with Crippen molar-refractivity contribution in [2.75, 3.05) is 0 Å². The minimum Gasteiger partial charge on any atom is -0.429 e. The van der Waals surface area contributed by atoms with Crippen LogP contribution in [0, 0.1) is 0 Å². The maximum atomic E-state index is 12.3. The lowest BCUT2D eigenvalue weighted by Crippen LogP contribution is -2.31. The van der Waals surface area contributed by atoms with Crippen LogP contribution in [-0.2, 0) is 84.6 Å². The molecule has 0 aliphatic rings. The Balaban J connectivity index is 0.683. The zero-order chi connectivity index (χ0) is 46.3. The second-order valence-electron chi connectivity index (χ2n) is 16.7. The first-order chi connectivity index (χ1) is 33.4. The van der Waals surface area contributed by atoms with Crippen LogP contribution in [0.2, 0.25) is 0 Å². The summed E-state index contributed by atoms with van der Waals surface area (Å²) in [5, 5.41) is 0. The lowest BCUT2D eigenvalue weighted by atomic mass is 10.1. The summed E-state index contributed by atoms with van der Waals surface area (Å²) in [6.07, 6.45) is 22.1. The highest BCUT2D eigenvalue weighted by molar-refractivity contribution is 5.60. The first-order valence-corrected chi connectivity index (χ1v) is 22.4. The first-order valence-electron chi connectivity index (χ1n) is 22.4. The minimum atomic E-state index is -0.700. The number of hydrogen-bond donors (Lipinski definition) is 0. The van der Waals surface area contributed by atoms with Gasteiger partial charge in [0.1, 0.15) is 77.4 Å². The second-order valence-corrected chi connectivity index (χ2v) is 16.7. The lowest BCUT2D eigenvalue weighted by molar-refractivity contribution is -0.688. The van der Waals surface area contributed by atoms with Gasteiger partial charge in [-0.05, 0) is 44.5 Å². The van der Waals surface area contributed by atoms with E-state index in [2.05, 4.69) is 114 Å². The summed E-state index contributed by atoms with van der Waals surface area (Å²) in [5.74, 6) is 0. The van der Waals surface area contributed by atoms with Gasteiger partial charge in [0, 0.05) is 49.0 Å². The lowest BCUT2D eigenvalue weighted by Gasteiger charge is -2.08. The van der Waals surface area contributed by atoms with Crippen molar-refractivity contribution in [3.8, 4) is 0 Å². The van der Waals surface area contributed by atoms with E-state index in [1.54, 1.807) is 25.0 Å². The number of carbonyl (C=O) groups is 2. The van der Waals surface area contributed by atoms with Crippen molar-refractivity contribution in [3.05, 3.63) is 252 Å². The van der Waals surface area contributed by atoms with Gasteiger partial charge < -0.3 is 28.1 Å². The normalized spacial score (nSPS) is 11.1. The van der Waals surface area contributed by atoms with Crippen molar-refractivity contribution >= 4 is 12.3 Å². The molecule has 0 aliphatic heterocycles. The topological polar surface area (TPSA) is 124 Å². The van der Waals surface area contributed by atoms with E-state index < -0.39 is 12.3 Å². The predicted octanol–water partition coefficient (Wildman–Crippen LogP) is 8.25. The van der Waals surface area contributed by atoms with Gasteiger partial charge >= 0.3 is 12.3 Å². The molecular weight excluding hydrogens is 857 g/mol. The number of benzene rings is 5. The standard InChI is InChI=1S/C54H52N8O6/c63-53(65-35-47-13-5-43(6-14-47)29-57-23-21-55-39-57)67-37-49-17-9-45(10-18-49)31-59-25-27-61(41-59)33-51-3-1-2-4-52(51)34-62-28-26-60(42-62)32-46-11-19-50(20-12-46)38-68-54(64)66-36-48-15-7-44(8-16-48)30-58-24-22-56-40-58/h1-28,39-42H,29-38H2/q+2. The molecule has 0 unspecified atom stereocenters. The largest absolute Gasteiger partial charge is 0.508 e. The first kappa shape index (κ1) is 44.7. The molecule has 0 aliphatic carbocycles. The van der Waals surface area contributed by atoms with Gasteiger partial charge in [-0.25, -0.2) is 37.8 Å². The van der Waals surface area contributed by atoms with Gasteiger partial charge in [-0.2, -0.15) is 0 Å². The molecule has 0 saturated carbocycles. The zero-order valence-corrected chi connectivity index (χ0v) is 37.6. The number of rotatable bonds is 20. The molecule has 5 aromatic carbocycles. The van der Waals surface area contributed by atoms with Crippen LogP contribution >= 0.6 is 0 Å². The highest BCUT2D eigenvalue weighted by atomic mass is 16.7. The maximum Gasteiger partial charge on any atom is 0.508 e. The summed E-state index contributed by atoms with van der Waals surface area (Å²) >= 11 is 0. The van der Waals surface area contributed by atoms with E-state index in [4.69, 9.17) is 18.9 Å². The highest BCUT2D eigenvalue weighted by Gasteiger charge is 2.14. The Morgan fingerprint density at radius 2 is 0.735 bits per heavy atom. The van der Waals surface area contributed by atoms with Crippen LogP contribution in [0.5, 0.6) is 0 Å². The molecule has 0 N–H and O–H groups in total. The van der Waals surface area contributed by atoms with Gasteiger partial charge in [-0.3, -0.25) is 0 Å². The number of aromatic nitrogens is 8. The molecule has 14 heteroatoms. The second kappa shape index (κ2) is 22.1. The molecule has 0 fully saturated rings. The fourth-order valence-electron chi connectivity index (χ4n) is 7.73. The molecule has 68 heavy (non-hydrogen) atoms. The maximum absolute atomic E-state index is 12.3. The molecule has 0 amide bonds. The smallest absolute Gasteiger partial charge is 0.429 e. The summed E-state index contributed by atoms with van der Waals surface area (Å²) in [5.41, 5.74) is 10.6. The summed E-state index contributed by atoms with van der Waals surface area (Å²) in [6.45, 7) is 4.92. The summed E-state index contributed by atoms with van der Waals surface area (Å²) in [7, 11) is 0. The summed E-state index contributed by atoms with van der Waals surface area (Å²) in [6, 6.07) is 40.5. The van der Waals surface area contributed by atoms with Crippen LogP contribution in [0.3, 0.4) is 0 Å². The van der Waals surface area contributed by atoms with E-state index in [1.165, 1.54) is 11.1 Å². The van der Waals surface area contributed by atoms with E-state index in [9.17, 15) is 9.59 Å². The third-order valence-electron chi connectivity index (χ3n) is 11.4. The quantitative estimate of drug-likeness (QED) is 0.0554. The van der Waals surface area contributed by atoms with E-state index in [-0.39, 0.29) is 26.4 Å². The van der Waals surface area contributed by atoms with E-state index in [1.807, 2.05) is 94.3 Å². The number of hydrogen-bond acceptors (Lipinski definition) is 8. The fourth-order valence-corrected chi connectivity index (χ4v) is 7.73. The molecule has 0 bridgehead atoms. The highest BCUT2D eigenvalue weighted by Crippen LogP contribution is 2.15. The molecule has 4 heterocycles. The van der Waals surface area contributed by atoms with Crippen molar-refractivity contribution in [2.24, 2.45) is 0 Å². The van der Waals surface area contributed by atoms with Gasteiger partial charge in [0.25, 0.3) is 0 Å². The van der Waals surface area contributed by atoms with Gasteiger partial charge in [0.15, 0.2) is 0 Å². The third-order valence-corrected chi connectivity index (χ3v) is 11.4. The Hall–Kier alpha value is -8.52. The third kappa shape index (κ3) is 13.1. The fraction of sp³-hybridized carbons (Fsp3) is 0.185. The summed E-state index contributed by atoms with van der Waals surface area (Å²) < 4.78 is 34.1. The van der Waals surface area contributed by atoms with Gasteiger partial charge in [-0.1, -0.05) is 121 Å². The van der Waals surface area contributed by atoms with Gasteiger partial charge in [0.2, 0.25) is 12.7 Å². The van der Waals surface area contributed by atoms with Crippen molar-refractivity contribution in [2.45, 2.75) is 65.7 Å². The monoisotopic (exact) mass is 908 g/mol. The van der Waals surface area contributed by atoms with Crippen LogP contribution in [0.1, 0.15) is 55.6 Å². The van der Waals surface area contributed by atoms with E-state index in [0.29, 0.717) is 13.1 Å². The Bertz CT molecular complexity index is 2780. The average molecular weight is 909 g/mol. The van der Waals surface area contributed by atoms with Crippen LogP contribution in [0.15, 0.2) is 196 Å². The molecule has 9 aromatic rings. The number of nitrogens with zero attached hydrogens (tertiary/aromatic N) is 8. The Morgan fingerprint density at radius 1 is 0.397 bits per heavy atom. The van der Waals surface area contributed by atoms with E-state index in [0.717, 1.165) is 70.7 Å². The average Bonchev–Trinajstić information content (AvgIpc) is 4.23. The minimum absolute atomic E-state index is 0.133. The molecule has 0 saturated heterocycles. The molecule has 14 nitrogen and oxygen atoms in total. The molecule has 342 valence electrons. The Kier molecular flexibility index (Phi) is 14.5.